The molecule has 0 spiro atoms. The summed E-state index contributed by atoms with van der Waals surface area (Å²) in [7, 11) is 0. The zero-order chi connectivity index (χ0) is 22.1. The van der Waals surface area contributed by atoms with Gasteiger partial charge in [-0.25, -0.2) is 8.78 Å². The van der Waals surface area contributed by atoms with Crippen molar-refractivity contribution in [3.05, 3.63) is 59.7 Å². The first-order chi connectivity index (χ1) is 14.8. The van der Waals surface area contributed by atoms with Crippen molar-refractivity contribution < 1.29 is 28.0 Å². The molecule has 2 saturated heterocycles. The molecule has 1 atom stereocenters. The van der Waals surface area contributed by atoms with E-state index in [2.05, 4.69) is 5.32 Å². The quantitative estimate of drug-likeness (QED) is 0.764. The van der Waals surface area contributed by atoms with E-state index < -0.39 is 23.5 Å². The van der Waals surface area contributed by atoms with Crippen molar-refractivity contribution in [1.29, 1.82) is 0 Å². The van der Waals surface area contributed by atoms with Crippen molar-refractivity contribution in [2.75, 3.05) is 22.5 Å². The number of rotatable bonds is 5. The van der Waals surface area contributed by atoms with Crippen molar-refractivity contribution in [3.8, 4) is 0 Å². The number of carbonyl (C=O) groups excluding carboxylic acids is 4. The fraction of sp³-hybridized carbons (Fsp3) is 0.238. The van der Waals surface area contributed by atoms with Crippen LogP contribution in [0.3, 0.4) is 0 Å². The number of imide groups is 1. The highest BCUT2D eigenvalue weighted by atomic mass is 32.2. The number of benzene rings is 2. The summed E-state index contributed by atoms with van der Waals surface area (Å²) < 4.78 is 26.9. The van der Waals surface area contributed by atoms with Crippen molar-refractivity contribution in [3.63, 3.8) is 0 Å². The van der Waals surface area contributed by atoms with Gasteiger partial charge in [0.25, 0.3) is 5.24 Å². The molecular formula is C21H17F2N3O4S. The summed E-state index contributed by atoms with van der Waals surface area (Å²) in [5, 5.41) is 2.44. The van der Waals surface area contributed by atoms with Crippen LogP contribution in [0.15, 0.2) is 42.5 Å². The summed E-state index contributed by atoms with van der Waals surface area (Å²) in [6, 6.07) is 9.49. The van der Waals surface area contributed by atoms with Crippen LogP contribution in [-0.4, -0.2) is 40.2 Å². The standard InChI is InChI=1S/C21H17F2N3O4S/c22-14-6-15(23)8-17(7-14)25-10-13(5-18(25)27)20(29)24-16-3-1-12(2-4-16)9-26-19(28)11-31-21(26)30/h1-4,6-8,13H,5,9-11H2,(H,24,29). The second-order valence-corrected chi connectivity index (χ2v) is 8.18. The summed E-state index contributed by atoms with van der Waals surface area (Å²) in [5.74, 6) is -3.14. The Hall–Kier alpha value is -3.27. The van der Waals surface area contributed by atoms with E-state index >= 15 is 0 Å². The Labute approximate surface area is 180 Å². The maximum Gasteiger partial charge on any atom is 0.289 e. The lowest BCUT2D eigenvalue weighted by molar-refractivity contribution is -0.125. The lowest BCUT2D eigenvalue weighted by Gasteiger charge is -2.17. The third-order valence-electron chi connectivity index (χ3n) is 5.06. The van der Waals surface area contributed by atoms with Crippen molar-refractivity contribution in [1.82, 2.24) is 4.90 Å². The Morgan fingerprint density at radius 3 is 2.32 bits per heavy atom. The van der Waals surface area contributed by atoms with Crippen molar-refractivity contribution >= 4 is 46.1 Å². The van der Waals surface area contributed by atoms with Crippen LogP contribution in [0.5, 0.6) is 0 Å². The molecule has 1 unspecified atom stereocenters. The SMILES string of the molecule is O=C(Nc1ccc(CN2C(=O)CSC2=O)cc1)C1CC(=O)N(c2cc(F)cc(F)c2)C1. The Bertz CT molecular complexity index is 1040. The van der Waals surface area contributed by atoms with Crippen LogP contribution < -0.4 is 10.2 Å². The molecule has 160 valence electrons. The van der Waals surface area contributed by atoms with E-state index in [0.29, 0.717) is 11.8 Å². The van der Waals surface area contributed by atoms with E-state index in [0.717, 1.165) is 29.5 Å². The summed E-state index contributed by atoms with van der Waals surface area (Å²) in [4.78, 5) is 50.6. The van der Waals surface area contributed by atoms with Gasteiger partial charge in [-0.3, -0.25) is 24.1 Å². The smallest absolute Gasteiger partial charge is 0.289 e. The largest absolute Gasteiger partial charge is 0.326 e. The van der Waals surface area contributed by atoms with Crippen LogP contribution in [0.4, 0.5) is 25.0 Å². The molecule has 0 bridgehead atoms. The minimum Gasteiger partial charge on any atom is -0.326 e. The average Bonchev–Trinajstić information content (AvgIpc) is 3.26. The molecule has 0 saturated carbocycles. The summed E-state index contributed by atoms with van der Waals surface area (Å²) in [5.41, 5.74) is 1.30. The van der Waals surface area contributed by atoms with Gasteiger partial charge in [-0.15, -0.1) is 0 Å². The predicted octanol–water partition coefficient (Wildman–Crippen LogP) is 3.15. The molecule has 2 aromatic carbocycles. The van der Waals surface area contributed by atoms with Crippen LogP contribution in [0.1, 0.15) is 12.0 Å². The average molecular weight is 445 g/mol. The van der Waals surface area contributed by atoms with E-state index in [4.69, 9.17) is 0 Å². The molecule has 1 N–H and O–H groups in total. The van der Waals surface area contributed by atoms with Gasteiger partial charge in [0.2, 0.25) is 17.7 Å². The number of hydrogen-bond acceptors (Lipinski definition) is 5. The van der Waals surface area contributed by atoms with Crippen LogP contribution in [0.25, 0.3) is 0 Å². The van der Waals surface area contributed by atoms with Crippen molar-refractivity contribution in [2.24, 2.45) is 5.92 Å². The summed E-state index contributed by atoms with van der Waals surface area (Å²) in [6.07, 6.45) is -0.0705. The van der Waals surface area contributed by atoms with E-state index in [1.54, 1.807) is 24.3 Å². The number of anilines is 2. The van der Waals surface area contributed by atoms with E-state index in [1.807, 2.05) is 0 Å². The van der Waals surface area contributed by atoms with E-state index in [1.165, 1.54) is 9.80 Å². The van der Waals surface area contributed by atoms with E-state index in [-0.39, 0.29) is 48.0 Å². The molecule has 2 aliphatic heterocycles. The first kappa shape index (κ1) is 21.0. The van der Waals surface area contributed by atoms with Gasteiger partial charge in [0.15, 0.2) is 0 Å². The Morgan fingerprint density at radius 2 is 1.71 bits per heavy atom. The van der Waals surface area contributed by atoms with Crippen LogP contribution in [-0.2, 0) is 20.9 Å². The Kier molecular flexibility index (Phi) is 5.73. The molecule has 4 amide bonds. The van der Waals surface area contributed by atoms with Gasteiger partial charge in [-0.05, 0) is 29.8 Å². The highest BCUT2D eigenvalue weighted by molar-refractivity contribution is 8.14. The van der Waals surface area contributed by atoms with Gasteiger partial charge in [0, 0.05) is 30.4 Å². The monoisotopic (exact) mass is 445 g/mol. The maximum absolute atomic E-state index is 13.5. The summed E-state index contributed by atoms with van der Waals surface area (Å²) >= 11 is 0.966. The molecule has 31 heavy (non-hydrogen) atoms. The fourth-order valence-electron chi connectivity index (χ4n) is 3.48. The lowest BCUT2D eigenvalue weighted by Crippen LogP contribution is -2.28. The molecule has 7 nitrogen and oxygen atoms in total. The molecule has 2 aliphatic rings. The molecule has 0 aliphatic carbocycles. The number of thioether (sulfide) groups is 1. The predicted molar refractivity (Wildman–Crippen MR) is 110 cm³/mol. The second-order valence-electron chi connectivity index (χ2n) is 7.25. The fourth-order valence-corrected chi connectivity index (χ4v) is 4.21. The molecule has 2 aromatic rings. The minimum atomic E-state index is -0.799. The van der Waals surface area contributed by atoms with Crippen LogP contribution >= 0.6 is 11.8 Å². The number of nitrogens with zero attached hydrogens (tertiary/aromatic N) is 2. The molecule has 2 fully saturated rings. The highest BCUT2D eigenvalue weighted by Gasteiger charge is 2.35. The summed E-state index contributed by atoms with van der Waals surface area (Å²) in [6.45, 7) is 0.178. The molecule has 2 heterocycles. The third kappa shape index (κ3) is 4.58. The molecule has 10 heteroatoms. The number of hydrogen-bond donors (Lipinski definition) is 1. The number of nitrogens with one attached hydrogen (secondary N) is 1. The minimum absolute atomic E-state index is 0.0164. The highest BCUT2D eigenvalue weighted by Crippen LogP contribution is 2.28. The first-order valence-electron chi connectivity index (χ1n) is 9.43. The van der Waals surface area contributed by atoms with Gasteiger partial charge in [0.05, 0.1) is 18.2 Å². The number of carbonyl (C=O) groups is 4. The van der Waals surface area contributed by atoms with Crippen LogP contribution in [0.2, 0.25) is 0 Å². The normalized spacial score (nSPS) is 18.8. The molecule has 4 rings (SSSR count). The molecule has 0 aromatic heterocycles. The first-order valence-corrected chi connectivity index (χ1v) is 10.4. The van der Waals surface area contributed by atoms with E-state index in [9.17, 15) is 28.0 Å². The number of halogens is 2. The lowest BCUT2D eigenvalue weighted by atomic mass is 10.1. The van der Waals surface area contributed by atoms with Gasteiger partial charge in [-0.2, -0.15) is 0 Å². The third-order valence-corrected chi connectivity index (χ3v) is 5.92. The van der Waals surface area contributed by atoms with Gasteiger partial charge >= 0.3 is 0 Å². The number of amides is 4. The molecular weight excluding hydrogens is 428 g/mol. The Morgan fingerprint density at radius 1 is 1.03 bits per heavy atom. The zero-order valence-electron chi connectivity index (χ0n) is 16.1. The molecule has 0 radical (unpaired) electrons. The van der Waals surface area contributed by atoms with Gasteiger partial charge < -0.3 is 10.2 Å². The zero-order valence-corrected chi connectivity index (χ0v) is 17.0. The maximum atomic E-state index is 13.5. The topological polar surface area (TPSA) is 86.8 Å². The van der Waals surface area contributed by atoms with Gasteiger partial charge in [0.1, 0.15) is 11.6 Å². The second kappa shape index (κ2) is 8.46. The van der Waals surface area contributed by atoms with Crippen LogP contribution in [0, 0.1) is 17.6 Å². The Balaban J connectivity index is 1.37. The van der Waals surface area contributed by atoms with Gasteiger partial charge in [-0.1, -0.05) is 23.9 Å². The van der Waals surface area contributed by atoms with Crippen molar-refractivity contribution in [2.45, 2.75) is 13.0 Å².